The number of Topliss-reactive ketones (excluding diaryl/α,β-unsaturated/α-hetero) is 1. The van der Waals surface area contributed by atoms with Gasteiger partial charge >= 0.3 is 0 Å². The zero-order chi connectivity index (χ0) is 15.2. The number of hydrogen-bond donors (Lipinski definition) is 1. The minimum Gasteiger partial charge on any atom is -0.491 e. The monoisotopic (exact) mass is 292 g/mol. The minimum absolute atomic E-state index is 0.0222. The van der Waals surface area contributed by atoms with E-state index in [1.807, 2.05) is 25.1 Å². The lowest BCUT2D eigenvalue weighted by Gasteiger charge is -2.34. The van der Waals surface area contributed by atoms with Gasteiger partial charge in [-0.2, -0.15) is 0 Å². The fourth-order valence-corrected chi connectivity index (χ4v) is 2.42. The number of morpholine rings is 1. The second-order valence-corrected chi connectivity index (χ2v) is 5.47. The van der Waals surface area contributed by atoms with Gasteiger partial charge in [-0.05, 0) is 26.0 Å². The Kier molecular flexibility index (Phi) is 5.73. The molecule has 21 heavy (non-hydrogen) atoms. The number of para-hydroxylation sites is 1. The molecule has 1 aromatic carbocycles. The Balaban J connectivity index is 1.83. The standard InChI is InChI=1S/C16H24N2O3/c1-12(17)16-11-18(8-10-21-16)7-9-20-15-6-4-3-5-14(15)13(2)19/h3-6,12,16H,7-11,17H2,1-2H3. The van der Waals surface area contributed by atoms with Crippen LogP contribution in [0.2, 0.25) is 0 Å². The van der Waals surface area contributed by atoms with E-state index in [9.17, 15) is 4.79 Å². The number of hydrogen-bond acceptors (Lipinski definition) is 5. The summed E-state index contributed by atoms with van der Waals surface area (Å²) >= 11 is 0. The molecule has 1 aliphatic heterocycles. The van der Waals surface area contributed by atoms with Crippen LogP contribution < -0.4 is 10.5 Å². The Labute approximate surface area is 126 Å². The van der Waals surface area contributed by atoms with Gasteiger partial charge in [-0.15, -0.1) is 0 Å². The zero-order valence-electron chi connectivity index (χ0n) is 12.7. The Hall–Kier alpha value is -1.43. The van der Waals surface area contributed by atoms with E-state index in [2.05, 4.69) is 4.90 Å². The molecule has 0 saturated carbocycles. The number of ketones is 1. The fraction of sp³-hybridized carbons (Fsp3) is 0.562. The predicted molar refractivity (Wildman–Crippen MR) is 81.8 cm³/mol. The molecule has 2 N–H and O–H groups in total. The average Bonchev–Trinajstić information content (AvgIpc) is 2.48. The van der Waals surface area contributed by atoms with Crippen molar-refractivity contribution in [2.45, 2.75) is 26.0 Å². The second-order valence-electron chi connectivity index (χ2n) is 5.47. The number of benzene rings is 1. The second kappa shape index (κ2) is 7.54. The quantitative estimate of drug-likeness (QED) is 0.801. The summed E-state index contributed by atoms with van der Waals surface area (Å²) in [5.74, 6) is 0.677. The first-order chi connectivity index (χ1) is 10.1. The van der Waals surface area contributed by atoms with Crippen molar-refractivity contribution in [3.63, 3.8) is 0 Å². The lowest BCUT2D eigenvalue weighted by molar-refractivity contribution is -0.0402. The maximum atomic E-state index is 11.5. The molecule has 0 spiro atoms. The summed E-state index contributed by atoms with van der Waals surface area (Å²) in [6.07, 6.45) is 0.0863. The summed E-state index contributed by atoms with van der Waals surface area (Å²) in [6, 6.07) is 7.38. The third-order valence-electron chi connectivity index (χ3n) is 3.70. The van der Waals surface area contributed by atoms with Crippen LogP contribution in [0.4, 0.5) is 0 Å². The van der Waals surface area contributed by atoms with E-state index in [0.717, 1.165) is 19.6 Å². The molecule has 0 amide bonds. The molecule has 5 heteroatoms. The van der Waals surface area contributed by atoms with E-state index in [1.165, 1.54) is 0 Å². The largest absolute Gasteiger partial charge is 0.491 e. The Bertz CT molecular complexity index is 476. The summed E-state index contributed by atoms with van der Waals surface area (Å²) in [4.78, 5) is 13.8. The predicted octanol–water partition coefficient (Wildman–Crippen LogP) is 1.32. The molecular weight excluding hydrogens is 268 g/mol. The SMILES string of the molecule is CC(=O)c1ccccc1OCCN1CCOC(C(C)N)C1. The molecular formula is C16H24N2O3. The van der Waals surface area contributed by atoms with E-state index in [-0.39, 0.29) is 17.9 Å². The number of ether oxygens (including phenoxy) is 2. The van der Waals surface area contributed by atoms with Gasteiger partial charge in [0.15, 0.2) is 5.78 Å². The van der Waals surface area contributed by atoms with E-state index >= 15 is 0 Å². The number of nitrogens with zero attached hydrogens (tertiary/aromatic N) is 1. The van der Waals surface area contributed by atoms with Crippen molar-refractivity contribution < 1.29 is 14.3 Å². The lowest BCUT2D eigenvalue weighted by Crippen LogP contribution is -2.50. The molecule has 0 bridgehead atoms. The van der Waals surface area contributed by atoms with Gasteiger partial charge < -0.3 is 15.2 Å². The van der Waals surface area contributed by atoms with Crippen LogP contribution in [0.25, 0.3) is 0 Å². The highest BCUT2D eigenvalue weighted by Crippen LogP contribution is 2.18. The van der Waals surface area contributed by atoms with Crippen LogP contribution in [0, 0.1) is 0 Å². The van der Waals surface area contributed by atoms with E-state index in [1.54, 1.807) is 13.0 Å². The third-order valence-corrected chi connectivity index (χ3v) is 3.70. The molecule has 116 valence electrons. The first kappa shape index (κ1) is 15.9. The Morgan fingerprint density at radius 1 is 1.52 bits per heavy atom. The van der Waals surface area contributed by atoms with Gasteiger partial charge in [-0.3, -0.25) is 9.69 Å². The van der Waals surface area contributed by atoms with Crippen molar-refractivity contribution in [2.75, 3.05) is 32.8 Å². The zero-order valence-corrected chi connectivity index (χ0v) is 12.7. The van der Waals surface area contributed by atoms with Gasteiger partial charge in [0, 0.05) is 25.7 Å². The van der Waals surface area contributed by atoms with E-state index in [0.29, 0.717) is 24.5 Å². The van der Waals surface area contributed by atoms with Crippen molar-refractivity contribution in [3.8, 4) is 5.75 Å². The molecule has 1 aliphatic rings. The van der Waals surface area contributed by atoms with Crippen molar-refractivity contribution >= 4 is 5.78 Å². The highest BCUT2D eigenvalue weighted by Gasteiger charge is 2.23. The van der Waals surface area contributed by atoms with Crippen molar-refractivity contribution in [3.05, 3.63) is 29.8 Å². The molecule has 1 saturated heterocycles. The third kappa shape index (κ3) is 4.52. The van der Waals surface area contributed by atoms with Crippen LogP contribution in [0.3, 0.4) is 0 Å². The molecule has 1 aromatic rings. The first-order valence-electron chi connectivity index (χ1n) is 7.40. The smallest absolute Gasteiger partial charge is 0.163 e. The molecule has 0 aromatic heterocycles. The molecule has 0 aliphatic carbocycles. The number of carbonyl (C=O) groups is 1. The van der Waals surface area contributed by atoms with Gasteiger partial charge in [-0.25, -0.2) is 0 Å². The number of nitrogens with two attached hydrogens (primary N) is 1. The maximum absolute atomic E-state index is 11.5. The topological polar surface area (TPSA) is 64.8 Å². The molecule has 5 nitrogen and oxygen atoms in total. The normalized spacial score (nSPS) is 21.0. The van der Waals surface area contributed by atoms with Crippen LogP contribution in [-0.2, 0) is 4.74 Å². The van der Waals surface area contributed by atoms with Crippen LogP contribution in [0.5, 0.6) is 5.75 Å². The molecule has 1 heterocycles. The summed E-state index contributed by atoms with van der Waals surface area (Å²) < 4.78 is 11.4. The highest BCUT2D eigenvalue weighted by atomic mass is 16.5. The number of carbonyl (C=O) groups excluding carboxylic acids is 1. The summed E-state index contributed by atoms with van der Waals surface area (Å²) in [5.41, 5.74) is 6.51. The Morgan fingerprint density at radius 2 is 2.29 bits per heavy atom. The first-order valence-corrected chi connectivity index (χ1v) is 7.40. The molecule has 2 atom stereocenters. The van der Waals surface area contributed by atoms with E-state index in [4.69, 9.17) is 15.2 Å². The van der Waals surface area contributed by atoms with Crippen LogP contribution in [0.15, 0.2) is 24.3 Å². The van der Waals surface area contributed by atoms with Crippen LogP contribution in [0.1, 0.15) is 24.2 Å². The summed E-state index contributed by atoms with van der Waals surface area (Å²) in [6.45, 7) is 7.30. The summed E-state index contributed by atoms with van der Waals surface area (Å²) in [7, 11) is 0. The molecule has 2 unspecified atom stereocenters. The molecule has 1 fully saturated rings. The van der Waals surface area contributed by atoms with E-state index < -0.39 is 0 Å². The van der Waals surface area contributed by atoms with Gasteiger partial charge in [0.1, 0.15) is 12.4 Å². The van der Waals surface area contributed by atoms with Crippen molar-refractivity contribution in [2.24, 2.45) is 5.73 Å². The van der Waals surface area contributed by atoms with Gasteiger partial charge in [0.25, 0.3) is 0 Å². The Morgan fingerprint density at radius 3 is 3.00 bits per heavy atom. The summed E-state index contributed by atoms with van der Waals surface area (Å²) in [5, 5.41) is 0. The maximum Gasteiger partial charge on any atom is 0.163 e. The fourth-order valence-electron chi connectivity index (χ4n) is 2.42. The highest BCUT2D eigenvalue weighted by molar-refractivity contribution is 5.96. The van der Waals surface area contributed by atoms with Gasteiger partial charge in [0.05, 0.1) is 18.3 Å². The van der Waals surface area contributed by atoms with Crippen molar-refractivity contribution in [1.29, 1.82) is 0 Å². The van der Waals surface area contributed by atoms with Crippen LogP contribution in [-0.4, -0.2) is 55.7 Å². The molecule has 2 rings (SSSR count). The number of rotatable bonds is 6. The average molecular weight is 292 g/mol. The van der Waals surface area contributed by atoms with Gasteiger partial charge in [0.2, 0.25) is 0 Å². The lowest BCUT2D eigenvalue weighted by atomic mass is 10.1. The minimum atomic E-state index is 0.0222. The van der Waals surface area contributed by atoms with Crippen LogP contribution >= 0.6 is 0 Å². The van der Waals surface area contributed by atoms with Crippen molar-refractivity contribution in [1.82, 2.24) is 4.90 Å². The van der Waals surface area contributed by atoms with Gasteiger partial charge in [-0.1, -0.05) is 12.1 Å². The molecule has 0 radical (unpaired) electrons.